The molecule has 0 amide bonds. The molecule has 1 rings (SSSR count). The van der Waals surface area contributed by atoms with Crippen LogP contribution in [-0.4, -0.2) is 11.7 Å². The lowest BCUT2D eigenvalue weighted by Crippen LogP contribution is -1.95. The lowest BCUT2D eigenvalue weighted by molar-refractivity contribution is 0.298. The van der Waals surface area contributed by atoms with Crippen LogP contribution in [0.1, 0.15) is 26.2 Å². The van der Waals surface area contributed by atoms with Gasteiger partial charge in [0.05, 0.1) is 0 Å². The molecule has 0 heterocycles. The van der Waals surface area contributed by atoms with Crippen molar-refractivity contribution in [2.45, 2.75) is 26.2 Å². The lowest BCUT2D eigenvalue weighted by atomic mass is 9.96. The zero-order valence-electron chi connectivity index (χ0n) is 6.43. The molecule has 1 N–H and O–H groups in total. The van der Waals surface area contributed by atoms with Gasteiger partial charge in [-0.2, -0.15) is 0 Å². The Balaban J connectivity index is 2.53. The molecule has 0 fully saturated rings. The van der Waals surface area contributed by atoms with Crippen LogP contribution < -0.4 is 0 Å². The van der Waals surface area contributed by atoms with E-state index in [1.54, 1.807) is 0 Å². The van der Waals surface area contributed by atoms with Gasteiger partial charge in [0.15, 0.2) is 0 Å². The summed E-state index contributed by atoms with van der Waals surface area (Å²) in [5.74, 6) is 0. The summed E-state index contributed by atoms with van der Waals surface area (Å²) in [6.45, 7) is 2.44. The number of hydrogen-bond acceptors (Lipinski definition) is 1. The average molecular weight is 138 g/mol. The molecule has 1 aliphatic rings. The van der Waals surface area contributed by atoms with E-state index in [1.807, 2.05) is 0 Å². The third kappa shape index (κ3) is 1.71. The van der Waals surface area contributed by atoms with Crippen molar-refractivity contribution in [2.24, 2.45) is 0 Å². The number of aliphatic hydroxyl groups is 1. The van der Waals surface area contributed by atoms with E-state index in [1.165, 1.54) is 11.1 Å². The molecule has 0 aromatic rings. The zero-order valence-corrected chi connectivity index (χ0v) is 6.43. The van der Waals surface area contributed by atoms with Gasteiger partial charge in [0.1, 0.15) is 0 Å². The molecular formula is C9H14O. The van der Waals surface area contributed by atoms with Crippen molar-refractivity contribution in [1.29, 1.82) is 0 Å². The van der Waals surface area contributed by atoms with Crippen LogP contribution in [0.5, 0.6) is 0 Å². The highest BCUT2D eigenvalue weighted by Crippen LogP contribution is 2.20. The summed E-state index contributed by atoms with van der Waals surface area (Å²) in [6, 6.07) is 0. The second kappa shape index (κ2) is 3.57. The van der Waals surface area contributed by atoms with Crippen molar-refractivity contribution in [3.8, 4) is 0 Å². The zero-order chi connectivity index (χ0) is 7.40. The SMILES string of the molecule is CC1=C(CCO)CC=CC1. The van der Waals surface area contributed by atoms with E-state index in [2.05, 4.69) is 19.1 Å². The van der Waals surface area contributed by atoms with Gasteiger partial charge in [-0.15, -0.1) is 0 Å². The predicted octanol–water partition coefficient (Wildman–Crippen LogP) is 2.04. The van der Waals surface area contributed by atoms with Crippen molar-refractivity contribution in [2.75, 3.05) is 6.61 Å². The quantitative estimate of drug-likeness (QED) is 0.579. The fraction of sp³-hybridized carbons (Fsp3) is 0.556. The summed E-state index contributed by atoms with van der Waals surface area (Å²) >= 11 is 0. The maximum absolute atomic E-state index is 8.68. The lowest BCUT2D eigenvalue weighted by Gasteiger charge is -2.11. The Morgan fingerprint density at radius 3 is 2.70 bits per heavy atom. The van der Waals surface area contributed by atoms with Crippen LogP contribution in [0.25, 0.3) is 0 Å². The van der Waals surface area contributed by atoms with Gasteiger partial charge in [0.25, 0.3) is 0 Å². The molecule has 1 heteroatoms. The van der Waals surface area contributed by atoms with Gasteiger partial charge in [0.2, 0.25) is 0 Å². The molecule has 0 spiro atoms. The Bertz CT molecular complexity index is 166. The minimum absolute atomic E-state index is 0.292. The fourth-order valence-corrected chi connectivity index (χ4v) is 1.25. The average Bonchev–Trinajstić information content (AvgIpc) is 1.94. The molecule has 0 unspecified atom stereocenters. The topological polar surface area (TPSA) is 20.2 Å². The maximum atomic E-state index is 8.68. The highest BCUT2D eigenvalue weighted by atomic mass is 16.2. The van der Waals surface area contributed by atoms with Crippen LogP contribution in [0.15, 0.2) is 23.3 Å². The highest BCUT2D eigenvalue weighted by molar-refractivity contribution is 5.22. The van der Waals surface area contributed by atoms with E-state index >= 15 is 0 Å². The molecule has 10 heavy (non-hydrogen) atoms. The minimum Gasteiger partial charge on any atom is -0.396 e. The van der Waals surface area contributed by atoms with E-state index < -0.39 is 0 Å². The molecule has 0 saturated heterocycles. The largest absolute Gasteiger partial charge is 0.396 e. The monoisotopic (exact) mass is 138 g/mol. The van der Waals surface area contributed by atoms with Crippen LogP contribution in [0, 0.1) is 0 Å². The summed E-state index contributed by atoms with van der Waals surface area (Å²) in [4.78, 5) is 0. The number of rotatable bonds is 2. The number of hydrogen-bond donors (Lipinski definition) is 1. The van der Waals surface area contributed by atoms with Crippen LogP contribution in [0.2, 0.25) is 0 Å². The molecule has 0 aromatic heterocycles. The first-order valence-corrected chi connectivity index (χ1v) is 3.78. The van der Waals surface area contributed by atoms with Crippen LogP contribution in [0.4, 0.5) is 0 Å². The summed E-state index contributed by atoms with van der Waals surface area (Å²) in [6.07, 6.45) is 7.35. The highest BCUT2D eigenvalue weighted by Gasteiger charge is 2.02. The smallest absolute Gasteiger partial charge is 0.0468 e. The maximum Gasteiger partial charge on any atom is 0.0468 e. The Hall–Kier alpha value is -0.560. The number of allylic oxidation sites excluding steroid dienone is 3. The fourth-order valence-electron chi connectivity index (χ4n) is 1.25. The predicted molar refractivity (Wildman–Crippen MR) is 42.8 cm³/mol. The molecule has 1 aliphatic carbocycles. The Morgan fingerprint density at radius 2 is 2.10 bits per heavy atom. The molecule has 0 aliphatic heterocycles. The van der Waals surface area contributed by atoms with Crippen molar-refractivity contribution < 1.29 is 5.11 Å². The van der Waals surface area contributed by atoms with E-state index in [9.17, 15) is 0 Å². The van der Waals surface area contributed by atoms with Crippen LogP contribution >= 0.6 is 0 Å². The van der Waals surface area contributed by atoms with Crippen molar-refractivity contribution >= 4 is 0 Å². The van der Waals surface area contributed by atoms with Gasteiger partial charge < -0.3 is 5.11 Å². The van der Waals surface area contributed by atoms with Crippen molar-refractivity contribution in [3.63, 3.8) is 0 Å². The normalized spacial score (nSPS) is 18.2. The summed E-state index contributed by atoms with van der Waals surface area (Å²) < 4.78 is 0. The third-order valence-electron chi connectivity index (χ3n) is 1.97. The van der Waals surface area contributed by atoms with Gasteiger partial charge >= 0.3 is 0 Å². The van der Waals surface area contributed by atoms with Gasteiger partial charge in [-0.1, -0.05) is 23.3 Å². The second-order valence-electron chi connectivity index (χ2n) is 2.74. The van der Waals surface area contributed by atoms with Crippen LogP contribution in [-0.2, 0) is 0 Å². The Morgan fingerprint density at radius 1 is 1.40 bits per heavy atom. The van der Waals surface area contributed by atoms with Gasteiger partial charge in [-0.05, 0) is 26.2 Å². The van der Waals surface area contributed by atoms with Gasteiger partial charge in [0, 0.05) is 6.61 Å². The number of aliphatic hydroxyl groups excluding tert-OH is 1. The van der Waals surface area contributed by atoms with Gasteiger partial charge in [-0.3, -0.25) is 0 Å². The van der Waals surface area contributed by atoms with E-state index in [0.717, 1.165) is 19.3 Å². The van der Waals surface area contributed by atoms with Crippen LogP contribution in [0.3, 0.4) is 0 Å². The molecule has 0 saturated carbocycles. The molecule has 0 radical (unpaired) electrons. The van der Waals surface area contributed by atoms with Gasteiger partial charge in [-0.25, -0.2) is 0 Å². The van der Waals surface area contributed by atoms with E-state index in [0.29, 0.717) is 6.61 Å². The first-order valence-electron chi connectivity index (χ1n) is 3.78. The third-order valence-corrected chi connectivity index (χ3v) is 1.97. The summed E-state index contributed by atoms with van der Waals surface area (Å²) in [5, 5.41) is 8.68. The Kier molecular flexibility index (Phi) is 2.69. The Labute approximate surface area is 62.1 Å². The molecule has 0 atom stereocenters. The summed E-state index contributed by atoms with van der Waals surface area (Å²) in [5.41, 5.74) is 2.86. The summed E-state index contributed by atoms with van der Waals surface area (Å²) in [7, 11) is 0. The van der Waals surface area contributed by atoms with Crippen molar-refractivity contribution in [3.05, 3.63) is 23.3 Å². The second-order valence-corrected chi connectivity index (χ2v) is 2.74. The molecule has 1 nitrogen and oxygen atoms in total. The van der Waals surface area contributed by atoms with E-state index in [-0.39, 0.29) is 0 Å². The molecule has 0 bridgehead atoms. The first kappa shape index (κ1) is 7.55. The van der Waals surface area contributed by atoms with E-state index in [4.69, 9.17) is 5.11 Å². The molecule has 0 aromatic carbocycles. The molecular weight excluding hydrogens is 124 g/mol. The first-order chi connectivity index (χ1) is 4.84. The minimum atomic E-state index is 0.292. The molecule has 56 valence electrons. The van der Waals surface area contributed by atoms with Crippen molar-refractivity contribution in [1.82, 2.24) is 0 Å². The standard InChI is InChI=1S/C9H14O/c1-8-4-2-3-5-9(8)6-7-10/h2-3,10H,4-7H2,1H3.